The van der Waals surface area contributed by atoms with Crippen molar-refractivity contribution < 1.29 is 29.0 Å². The number of carboxylic acids is 1. The molecule has 134 valence electrons. The first-order chi connectivity index (χ1) is 11.0. The fourth-order valence-electron chi connectivity index (χ4n) is 1.89. The van der Waals surface area contributed by atoms with Crippen LogP contribution in [0.2, 0.25) is 0 Å². The lowest BCUT2D eigenvalue weighted by Crippen LogP contribution is -2.26. The molecule has 0 saturated carbocycles. The highest BCUT2D eigenvalue weighted by Gasteiger charge is 2.20. The Morgan fingerprint density at radius 2 is 1.78 bits per heavy atom. The van der Waals surface area contributed by atoms with Gasteiger partial charge < -0.3 is 19.9 Å². The Morgan fingerprint density at radius 3 is 2.39 bits per heavy atom. The first kappa shape index (κ1) is 21.5. The molecule has 0 aromatic carbocycles. The molecule has 0 spiro atoms. The summed E-state index contributed by atoms with van der Waals surface area (Å²) in [5.41, 5.74) is 0. The normalized spacial score (nSPS) is 11.9. The summed E-state index contributed by atoms with van der Waals surface area (Å²) < 4.78 is 10.4. The molecule has 0 aliphatic carbocycles. The van der Waals surface area contributed by atoms with E-state index in [0.717, 1.165) is 12.8 Å². The molecule has 0 rings (SSSR count). The minimum Gasteiger partial charge on any atom is -0.481 e. The zero-order chi connectivity index (χ0) is 17.5. The van der Waals surface area contributed by atoms with Crippen LogP contribution in [-0.4, -0.2) is 55.7 Å². The second-order valence-corrected chi connectivity index (χ2v) is 5.29. The molecular weight excluding hydrogens is 302 g/mol. The first-order valence-electron chi connectivity index (χ1n) is 8.17. The highest BCUT2D eigenvalue weighted by atomic mass is 16.5. The number of amides is 1. The summed E-state index contributed by atoms with van der Waals surface area (Å²) in [5.74, 6) is -1.77. The van der Waals surface area contributed by atoms with Crippen LogP contribution >= 0.6 is 0 Å². The second kappa shape index (κ2) is 14.1. The van der Waals surface area contributed by atoms with E-state index in [4.69, 9.17) is 14.6 Å². The van der Waals surface area contributed by atoms with Crippen molar-refractivity contribution in [3.63, 3.8) is 0 Å². The molecule has 0 heterocycles. The average molecular weight is 331 g/mol. The number of unbranched alkanes of at least 4 members (excludes halogenated alkanes) is 1. The predicted molar refractivity (Wildman–Crippen MR) is 85.2 cm³/mol. The summed E-state index contributed by atoms with van der Waals surface area (Å²) in [4.78, 5) is 33.7. The Labute approximate surface area is 137 Å². The van der Waals surface area contributed by atoms with Crippen LogP contribution in [-0.2, 0) is 23.9 Å². The molecule has 23 heavy (non-hydrogen) atoms. The van der Waals surface area contributed by atoms with Gasteiger partial charge in [-0.2, -0.15) is 0 Å². The van der Waals surface area contributed by atoms with Crippen molar-refractivity contribution >= 4 is 17.7 Å². The number of nitrogens with one attached hydrogen (secondary N) is 1. The minimum absolute atomic E-state index is 0.0131. The molecule has 0 aromatic rings. The van der Waals surface area contributed by atoms with Crippen molar-refractivity contribution in [2.24, 2.45) is 5.92 Å². The number of carbonyl (C=O) groups excluding carboxylic acids is 2. The van der Waals surface area contributed by atoms with Gasteiger partial charge in [-0.25, -0.2) is 0 Å². The maximum Gasteiger partial charge on any atom is 0.306 e. The van der Waals surface area contributed by atoms with Gasteiger partial charge >= 0.3 is 5.97 Å². The predicted octanol–water partition coefficient (Wildman–Crippen LogP) is 1.40. The summed E-state index contributed by atoms with van der Waals surface area (Å²) in [6.07, 6.45) is 2.68. The summed E-state index contributed by atoms with van der Waals surface area (Å²) in [6.45, 7) is 5.10. The van der Waals surface area contributed by atoms with Crippen LogP contribution in [0.25, 0.3) is 0 Å². The van der Waals surface area contributed by atoms with Crippen LogP contribution in [0.4, 0.5) is 0 Å². The number of hydrogen-bond donors (Lipinski definition) is 2. The van der Waals surface area contributed by atoms with E-state index in [2.05, 4.69) is 5.32 Å². The van der Waals surface area contributed by atoms with E-state index < -0.39 is 11.9 Å². The maximum absolute atomic E-state index is 11.7. The fraction of sp³-hybridized carbons (Fsp3) is 0.812. The Bertz CT molecular complexity index is 358. The number of aliphatic carboxylic acids is 1. The van der Waals surface area contributed by atoms with E-state index in [0.29, 0.717) is 32.6 Å². The van der Waals surface area contributed by atoms with E-state index in [1.807, 2.05) is 6.92 Å². The van der Waals surface area contributed by atoms with E-state index >= 15 is 0 Å². The smallest absolute Gasteiger partial charge is 0.306 e. The molecule has 0 bridgehead atoms. The van der Waals surface area contributed by atoms with Gasteiger partial charge in [0.1, 0.15) is 6.61 Å². The molecule has 0 saturated heterocycles. The average Bonchev–Trinajstić information content (AvgIpc) is 2.53. The minimum atomic E-state index is -0.927. The number of rotatable bonds is 15. The van der Waals surface area contributed by atoms with Gasteiger partial charge in [0, 0.05) is 19.4 Å². The molecular formula is C16H29NO6. The number of hydrogen-bond acceptors (Lipinski definition) is 5. The van der Waals surface area contributed by atoms with E-state index in [1.54, 1.807) is 6.92 Å². The third-order valence-corrected chi connectivity index (χ3v) is 3.25. The van der Waals surface area contributed by atoms with Crippen LogP contribution in [0.1, 0.15) is 46.0 Å². The molecule has 2 N–H and O–H groups in total. The van der Waals surface area contributed by atoms with E-state index in [9.17, 15) is 14.4 Å². The lowest BCUT2D eigenvalue weighted by molar-refractivity contribution is -0.144. The van der Waals surface area contributed by atoms with Crippen LogP contribution in [0, 0.1) is 5.92 Å². The Morgan fingerprint density at radius 1 is 1.09 bits per heavy atom. The largest absolute Gasteiger partial charge is 0.481 e. The van der Waals surface area contributed by atoms with Crippen molar-refractivity contribution in [2.75, 3.05) is 33.0 Å². The van der Waals surface area contributed by atoms with Crippen LogP contribution in [0.15, 0.2) is 0 Å². The highest BCUT2D eigenvalue weighted by Crippen LogP contribution is 2.13. The second-order valence-electron chi connectivity index (χ2n) is 5.29. The molecule has 7 nitrogen and oxygen atoms in total. The molecule has 0 aliphatic rings. The van der Waals surface area contributed by atoms with E-state index in [1.165, 1.54) is 0 Å². The quantitative estimate of drug-likeness (QED) is 0.440. The monoisotopic (exact) mass is 331 g/mol. The number of carbonyl (C=O) groups is 3. The van der Waals surface area contributed by atoms with Gasteiger partial charge in [-0.15, -0.1) is 0 Å². The van der Waals surface area contributed by atoms with Gasteiger partial charge in [-0.1, -0.05) is 26.7 Å². The summed E-state index contributed by atoms with van der Waals surface area (Å²) >= 11 is 0. The Balaban J connectivity index is 3.62. The van der Waals surface area contributed by atoms with E-state index in [-0.39, 0.29) is 31.3 Å². The zero-order valence-corrected chi connectivity index (χ0v) is 14.1. The summed E-state index contributed by atoms with van der Waals surface area (Å²) in [7, 11) is 0. The lowest BCUT2D eigenvalue weighted by atomic mass is 9.96. The Kier molecular flexibility index (Phi) is 13.2. The van der Waals surface area contributed by atoms with Crippen molar-refractivity contribution in [2.45, 2.75) is 46.0 Å². The fourth-order valence-corrected chi connectivity index (χ4v) is 1.89. The number of ether oxygens (including phenoxy) is 2. The molecule has 1 atom stereocenters. The molecule has 0 aromatic heterocycles. The van der Waals surface area contributed by atoms with Gasteiger partial charge in [0.2, 0.25) is 5.91 Å². The van der Waals surface area contributed by atoms with Crippen LogP contribution < -0.4 is 5.32 Å². The molecule has 1 unspecified atom stereocenters. The third kappa shape index (κ3) is 12.7. The number of carboxylic acid groups (broad SMARTS) is 1. The number of Topliss-reactive ketones (excluding diaryl/α,β-unsaturated/α-hetero) is 1. The lowest BCUT2D eigenvalue weighted by Gasteiger charge is -2.11. The zero-order valence-electron chi connectivity index (χ0n) is 14.1. The molecule has 0 fully saturated rings. The topological polar surface area (TPSA) is 102 Å². The van der Waals surface area contributed by atoms with Gasteiger partial charge in [-0.05, 0) is 6.42 Å². The molecule has 7 heteroatoms. The van der Waals surface area contributed by atoms with Crippen molar-refractivity contribution in [1.82, 2.24) is 5.32 Å². The molecule has 0 radical (unpaired) electrons. The molecule has 1 amide bonds. The van der Waals surface area contributed by atoms with Crippen LogP contribution in [0.3, 0.4) is 0 Å². The van der Waals surface area contributed by atoms with Gasteiger partial charge in [0.15, 0.2) is 5.78 Å². The van der Waals surface area contributed by atoms with Gasteiger partial charge in [0.25, 0.3) is 0 Å². The van der Waals surface area contributed by atoms with Crippen molar-refractivity contribution in [3.8, 4) is 0 Å². The maximum atomic E-state index is 11.7. The van der Waals surface area contributed by atoms with Crippen molar-refractivity contribution in [1.29, 1.82) is 0 Å². The summed E-state index contributed by atoms with van der Waals surface area (Å²) in [6, 6.07) is 0. The van der Waals surface area contributed by atoms with Gasteiger partial charge in [0.05, 0.1) is 25.7 Å². The van der Waals surface area contributed by atoms with Gasteiger partial charge in [-0.3, -0.25) is 14.4 Å². The van der Waals surface area contributed by atoms with Crippen molar-refractivity contribution in [3.05, 3.63) is 0 Å². The standard InChI is InChI=1S/C16H29NO6/c1-3-5-6-13(16(20)21)11-14(18)12-23-10-9-22-8-7-17-15(19)4-2/h13H,3-12H2,1-2H3,(H,17,19)(H,20,21). The Hall–Kier alpha value is -1.47. The van der Waals surface area contributed by atoms with Crippen LogP contribution in [0.5, 0.6) is 0 Å². The number of ketones is 1. The highest BCUT2D eigenvalue weighted by molar-refractivity contribution is 5.84. The third-order valence-electron chi connectivity index (χ3n) is 3.25. The first-order valence-corrected chi connectivity index (χ1v) is 8.17. The SMILES string of the molecule is CCCCC(CC(=O)COCCOCCNC(=O)CC)C(=O)O. The summed E-state index contributed by atoms with van der Waals surface area (Å²) in [5, 5.41) is 11.7. The molecule has 0 aliphatic heterocycles.